The second kappa shape index (κ2) is 5.01. The highest BCUT2D eigenvalue weighted by Crippen LogP contribution is 2.33. The van der Waals surface area contributed by atoms with Crippen molar-refractivity contribution in [1.82, 2.24) is 9.55 Å². The number of aromatic nitrogens is 2. The van der Waals surface area contributed by atoms with E-state index in [2.05, 4.69) is 4.98 Å². The summed E-state index contributed by atoms with van der Waals surface area (Å²) in [6.07, 6.45) is 0.476. The lowest BCUT2D eigenvalue weighted by Crippen LogP contribution is -2.46. The molecule has 0 radical (unpaired) electrons. The molecule has 20 heavy (non-hydrogen) atoms. The van der Waals surface area contributed by atoms with Crippen molar-refractivity contribution in [3.8, 4) is 0 Å². The number of carboxylic acids is 1. The fourth-order valence-electron chi connectivity index (χ4n) is 2.93. The van der Waals surface area contributed by atoms with Crippen LogP contribution in [-0.4, -0.2) is 33.3 Å². The van der Waals surface area contributed by atoms with E-state index in [1.165, 1.54) is 0 Å². The summed E-state index contributed by atoms with van der Waals surface area (Å²) in [5.41, 5.74) is 0.951. The standard InChI is InChI=1S/C14H20N2O4/c1-8-11(7-12(17)18)9(2)16(13(19)15-8)14(4)5-6-20-10(14)3/h10H,5-7H2,1-4H3,(H,17,18). The fourth-order valence-corrected chi connectivity index (χ4v) is 2.93. The van der Waals surface area contributed by atoms with E-state index in [-0.39, 0.29) is 18.2 Å². The van der Waals surface area contributed by atoms with Crippen LogP contribution in [0.15, 0.2) is 4.79 Å². The number of carbonyl (C=O) groups is 1. The van der Waals surface area contributed by atoms with Gasteiger partial charge in [0.2, 0.25) is 0 Å². The Morgan fingerprint density at radius 2 is 2.20 bits per heavy atom. The van der Waals surface area contributed by atoms with Crippen LogP contribution in [0.1, 0.15) is 37.2 Å². The molecule has 1 aromatic heterocycles. The fraction of sp³-hybridized carbons (Fsp3) is 0.643. The highest BCUT2D eigenvalue weighted by molar-refractivity contribution is 5.70. The highest BCUT2D eigenvalue weighted by atomic mass is 16.5. The van der Waals surface area contributed by atoms with E-state index in [1.807, 2.05) is 13.8 Å². The number of ether oxygens (including phenoxy) is 1. The number of nitrogens with zero attached hydrogens (tertiary/aromatic N) is 2. The summed E-state index contributed by atoms with van der Waals surface area (Å²) in [5.74, 6) is -0.927. The molecule has 0 spiro atoms. The first-order valence-electron chi connectivity index (χ1n) is 6.70. The van der Waals surface area contributed by atoms with Gasteiger partial charge in [-0.25, -0.2) is 4.79 Å². The van der Waals surface area contributed by atoms with Crippen LogP contribution in [0.2, 0.25) is 0 Å². The zero-order valence-electron chi connectivity index (χ0n) is 12.3. The average molecular weight is 280 g/mol. The van der Waals surface area contributed by atoms with Gasteiger partial charge in [-0.05, 0) is 34.1 Å². The van der Waals surface area contributed by atoms with Crippen LogP contribution in [0, 0.1) is 13.8 Å². The van der Waals surface area contributed by atoms with Gasteiger partial charge < -0.3 is 9.84 Å². The van der Waals surface area contributed by atoms with Crippen LogP contribution < -0.4 is 5.69 Å². The van der Waals surface area contributed by atoms with Crippen LogP contribution in [0.4, 0.5) is 0 Å². The van der Waals surface area contributed by atoms with Gasteiger partial charge in [0.1, 0.15) is 0 Å². The maximum absolute atomic E-state index is 12.3. The molecule has 110 valence electrons. The second-order valence-electron chi connectivity index (χ2n) is 5.57. The van der Waals surface area contributed by atoms with Crippen LogP contribution >= 0.6 is 0 Å². The Balaban J connectivity index is 2.65. The molecule has 0 bridgehead atoms. The summed E-state index contributed by atoms with van der Waals surface area (Å²) in [5, 5.41) is 9.02. The molecule has 2 heterocycles. The number of carboxylic acid groups (broad SMARTS) is 1. The monoisotopic (exact) mass is 280 g/mol. The van der Waals surface area contributed by atoms with Gasteiger partial charge in [-0.1, -0.05) is 0 Å². The van der Waals surface area contributed by atoms with E-state index in [4.69, 9.17) is 9.84 Å². The maximum atomic E-state index is 12.3. The molecule has 2 rings (SSSR count). The van der Waals surface area contributed by atoms with Gasteiger partial charge in [0.05, 0.1) is 18.1 Å². The minimum atomic E-state index is -0.927. The third-order valence-corrected chi connectivity index (χ3v) is 4.35. The highest BCUT2D eigenvalue weighted by Gasteiger charge is 2.41. The van der Waals surface area contributed by atoms with Crippen LogP contribution in [-0.2, 0) is 21.5 Å². The van der Waals surface area contributed by atoms with E-state index in [1.54, 1.807) is 18.4 Å². The Hall–Kier alpha value is -1.69. The lowest BCUT2D eigenvalue weighted by Gasteiger charge is -2.32. The molecule has 0 aliphatic carbocycles. The van der Waals surface area contributed by atoms with Crippen molar-refractivity contribution in [3.05, 3.63) is 27.4 Å². The molecule has 1 N–H and O–H groups in total. The maximum Gasteiger partial charge on any atom is 0.348 e. The van der Waals surface area contributed by atoms with Gasteiger partial charge in [0, 0.05) is 23.6 Å². The Bertz CT molecular complexity index is 608. The van der Waals surface area contributed by atoms with Crippen molar-refractivity contribution in [3.63, 3.8) is 0 Å². The first kappa shape index (κ1) is 14.7. The summed E-state index contributed by atoms with van der Waals surface area (Å²) in [6, 6.07) is 0. The minimum absolute atomic E-state index is 0.110. The first-order valence-corrected chi connectivity index (χ1v) is 6.70. The molecule has 1 saturated heterocycles. The van der Waals surface area contributed by atoms with E-state index >= 15 is 0 Å². The molecule has 1 aromatic rings. The SMILES string of the molecule is Cc1nc(=O)n(C2(C)CCOC2C)c(C)c1CC(=O)O. The Labute approximate surface area is 117 Å². The first-order chi connectivity index (χ1) is 9.27. The topological polar surface area (TPSA) is 81.4 Å². The van der Waals surface area contributed by atoms with E-state index in [0.29, 0.717) is 30.0 Å². The number of hydrogen-bond donors (Lipinski definition) is 1. The number of aliphatic carboxylic acids is 1. The lowest BCUT2D eigenvalue weighted by molar-refractivity contribution is -0.136. The lowest BCUT2D eigenvalue weighted by atomic mass is 9.93. The predicted octanol–water partition coefficient (Wildman–Crippen LogP) is 1.01. The largest absolute Gasteiger partial charge is 0.481 e. The van der Waals surface area contributed by atoms with Crippen LogP contribution in [0.25, 0.3) is 0 Å². The van der Waals surface area contributed by atoms with Crippen LogP contribution in [0.3, 0.4) is 0 Å². The van der Waals surface area contributed by atoms with Gasteiger partial charge in [-0.15, -0.1) is 0 Å². The molecule has 0 amide bonds. The molecule has 1 aliphatic heterocycles. The van der Waals surface area contributed by atoms with E-state index in [0.717, 1.165) is 0 Å². The summed E-state index contributed by atoms with van der Waals surface area (Å²) in [7, 11) is 0. The van der Waals surface area contributed by atoms with E-state index < -0.39 is 11.5 Å². The summed E-state index contributed by atoms with van der Waals surface area (Å²) >= 11 is 0. The molecular weight excluding hydrogens is 260 g/mol. The Morgan fingerprint density at radius 1 is 1.55 bits per heavy atom. The quantitative estimate of drug-likeness (QED) is 0.893. The van der Waals surface area contributed by atoms with Crippen LogP contribution in [0.5, 0.6) is 0 Å². The Morgan fingerprint density at radius 3 is 2.70 bits per heavy atom. The van der Waals surface area contributed by atoms with Gasteiger partial charge in [0.25, 0.3) is 0 Å². The molecule has 6 heteroatoms. The third kappa shape index (κ3) is 2.24. The smallest absolute Gasteiger partial charge is 0.348 e. The molecular formula is C14H20N2O4. The molecule has 0 saturated carbocycles. The van der Waals surface area contributed by atoms with E-state index in [9.17, 15) is 9.59 Å². The third-order valence-electron chi connectivity index (χ3n) is 4.35. The molecule has 1 aliphatic rings. The van der Waals surface area contributed by atoms with Gasteiger partial charge in [-0.2, -0.15) is 4.98 Å². The average Bonchev–Trinajstić information content (AvgIpc) is 2.65. The molecule has 2 atom stereocenters. The van der Waals surface area contributed by atoms with Crippen molar-refractivity contribution >= 4 is 5.97 Å². The number of hydrogen-bond acceptors (Lipinski definition) is 4. The summed E-state index contributed by atoms with van der Waals surface area (Å²) < 4.78 is 7.19. The summed E-state index contributed by atoms with van der Waals surface area (Å²) in [4.78, 5) is 27.3. The normalized spacial score (nSPS) is 25.9. The van der Waals surface area contributed by atoms with Gasteiger partial charge in [-0.3, -0.25) is 9.36 Å². The van der Waals surface area contributed by atoms with Crippen molar-refractivity contribution in [1.29, 1.82) is 0 Å². The number of rotatable bonds is 3. The van der Waals surface area contributed by atoms with Crippen molar-refractivity contribution in [2.75, 3.05) is 6.61 Å². The van der Waals surface area contributed by atoms with Crippen molar-refractivity contribution in [2.24, 2.45) is 0 Å². The zero-order chi connectivity index (χ0) is 15.1. The van der Waals surface area contributed by atoms with Gasteiger partial charge >= 0.3 is 11.7 Å². The van der Waals surface area contributed by atoms with Crippen molar-refractivity contribution < 1.29 is 14.6 Å². The Kier molecular flexibility index (Phi) is 3.69. The second-order valence-corrected chi connectivity index (χ2v) is 5.57. The van der Waals surface area contributed by atoms with Crippen molar-refractivity contribution in [2.45, 2.75) is 52.2 Å². The molecule has 2 unspecified atom stereocenters. The zero-order valence-corrected chi connectivity index (χ0v) is 12.3. The van der Waals surface area contributed by atoms with Gasteiger partial charge in [0.15, 0.2) is 0 Å². The molecule has 6 nitrogen and oxygen atoms in total. The predicted molar refractivity (Wildman–Crippen MR) is 73.0 cm³/mol. The minimum Gasteiger partial charge on any atom is -0.481 e. The summed E-state index contributed by atoms with van der Waals surface area (Å²) in [6.45, 7) is 7.93. The molecule has 1 fully saturated rings. The number of aryl methyl sites for hydroxylation is 1. The molecule has 0 aromatic carbocycles.